The van der Waals surface area contributed by atoms with Crippen LogP contribution in [0.4, 0.5) is 18.9 Å². The Labute approximate surface area is 161 Å². The lowest BCUT2D eigenvalue weighted by atomic mass is 9.81. The smallest absolute Gasteiger partial charge is 0.513 e. The first kappa shape index (κ1) is 20.1. The van der Waals surface area contributed by atoms with Crippen molar-refractivity contribution in [2.24, 2.45) is 5.92 Å². The Morgan fingerprint density at radius 1 is 1.33 bits per heavy atom. The number of halogens is 4. The standard InChI is InChI=1S/C19H23ClF3NO3/c1-13(25)10-14-4-5-18(26-12-14)6-8-24(9-7-18)17-11-15(2-3-16(17)20)27-19(21,22)23/h2-3,11,14,25H,1,4-10,12H2. The molecule has 1 N–H and O–H groups in total. The van der Waals surface area contributed by atoms with Gasteiger partial charge >= 0.3 is 6.36 Å². The number of ether oxygens (including phenoxy) is 2. The zero-order valence-electron chi connectivity index (χ0n) is 14.9. The van der Waals surface area contributed by atoms with Crippen LogP contribution in [0.5, 0.6) is 5.75 Å². The molecule has 0 saturated carbocycles. The molecule has 1 unspecified atom stereocenters. The van der Waals surface area contributed by atoms with E-state index < -0.39 is 6.36 Å². The summed E-state index contributed by atoms with van der Waals surface area (Å²) in [5, 5.41) is 9.73. The second-order valence-corrected chi connectivity index (χ2v) is 7.72. The Morgan fingerprint density at radius 3 is 2.59 bits per heavy atom. The normalized spacial score (nSPS) is 22.7. The molecule has 150 valence electrons. The van der Waals surface area contributed by atoms with Gasteiger partial charge in [-0.2, -0.15) is 0 Å². The molecule has 2 saturated heterocycles. The third kappa shape index (κ3) is 5.23. The minimum absolute atomic E-state index is 0.185. The first-order valence-electron chi connectivity index (χ1n) is 8.97. The predicted molar refractivity (Wildman–Crippen MR) is 97.4 cm³/mol. The lowest BCUT2D eigenvalue weighted by molar-refractivity contribution is -0.274. The van der Waals surface area contributed by atoms with Gasteiger partial charge in [-0.25, -0.2) is 0 Å². The van der Waals surface area contributed by atoms with Crippen LogP contribution in [0.3, 0.4) is 0 Å². The summed E-state index contributed by atoms with van der Waals surface area (Å²) in [7, 11) is 0. The molecule has 4 nitrogen and oxygen atoms in total. The third-order valence-electron chi connectivity index (χ3n) is 5.32. The van der Waals surface area contributed by atoms with E-state index in [4.69, 9.17) is 16.3 Å². The number of piperidine rings is 1. The quantitative estimate of drug-likeness (QED) is 0.675. The number of alkyl halides is 3. The van der Waals surface area contributed by atoms with Crippen LogP contribution in [0.15, 0.2) is 30.5 Å². The van der Waals surface area contributed by atoms with Crippen LogP contribution in [0.1, 0.15) is 32.1 Å². The van der Waals surface area contributed by atoms with E-state index in [1.54, 1.807) is 0 Å². The highest BCUT2D eigenvalue weighted by molar-refractivity contribution is 6.33. The molecule has 0 amide bonds. The molecular formula is C19H23ClF3NO3. The minimum Gasteiger partial charge on any atom is -0.513 e. The fourth-order valence-corrected chi connectivity index (χ4v) is 4.13. The van der Waals surface area contributed by atoms with Gasteiger partial charge in [0, 0.05) is 25.6 Å². The number of aliphatic hydroxyl groups is 1. The number of anilines is 1. The van der Waals surface area contributed by atoms with Crippen molar-refractivity contribution in [1.29, 1.82) is 0 Å². The second kappa shape index (κ2) is 7.80. The zero-order chi connectivity index (χ0) is 19.7. The van der Waals surface area contributed by atoms with Crippen molar-refractivity contribution >= 4 is 17.3 Å². The fraction of sp³-hybridized carbons (Fsp3) is 0.579. The van der Waals surface area contributed by atoms with Crippen LogP contribution in [0.2, 0.25) is 5.02 Å². The maximum Gasteiger partial charge on any atom is 0.573 e. The van der Waals surface area contributed by atoms with Gasteiger partial charge in [-0.15, -0.1) is 13.2 Å². The molecule has 8 heteroatoms. The lowest BCUT2D eigenvalue weighted by Gasteiger charge is -2.46. The number of allylic oxidation sites excluding steroid dienone is 1. The van der Waals surface area contributed by atoms with Crippen molar-refractivity contribution in [3.05, 3.63) is 35.6 Å². The van der Waals surface area contributed by atoms with Crippen molar-refractivity contribution in [3.8, 4) is 5.75 Å². The number of aliphatic hydroxyl groups excluding tert-OH is 1. The number of rotatable bonds is 4. The van der Waals surface area contributed by atoms with Crippen molar-refractivity contribution in [3.63, 3.8) is 0 Å². The highest BCUT2D eigenvalue weighted by atomic mass is 35.5. The van der Waals surface area contributed by atoms with Gasteiger partial charge in [-0.3, -0.25) is 0 Å². The van der Waals surface area contributed by atoms with Gasteiger partial charge in [0.15, 0.2) is 0 Å². The van der Waals surface area contributed by atoms with Crippen LogP contribution in [0.25, 0.3) is 0 Å². The van der Waals surface area contributed by atoms with Gasteiger partial charge in [0.2, 0.25) is 0 Å². The van der Waals surface area contributed by atoms with Crippen LogP contribution in [-0.2, 0) is 4.74 Å². The van der Waals surface area contributed by atoms with E-state index in [1.807, 2.05) is 4.90 Å². The van der Waals surface area contributed by atoms with Gasteiger partial charge in [0.05, 0.1) is 28.7 Å². The topological polar surface area (TPSA) is 41.9 Å². The second-order valence-electron chi connectivity index (χ2n) is 7.32. The average Bonchev–Trinajstić information content (AvgIpc) is 2.58. The van der Waals surface area contributed by atoms with Gasteiger partial charge in [0.25, 0.3) is 0 Å². The van der Waals surface area contributed by atoms with E-state index in [0.29, 0.717) is 36.8 Å². The predicted octanol–water partition coefficient (Wildman–Crippen LogP) is 5.47. The SMILES string of the molecule is C=C(O)CC1CCC2(CCN(c3cc(OC(F)(F)F)ccc3Cl)CC2)OC1. The van der Waals surface area contributed by atoms with E-state index in [1.165, 1.54) is 18.2 Å². The molecule has 2 aliphatic heterocycles. The number of benzene rings is 1. The molecular weight excluding hydrogens is 383 g/mol. The summed E-state index contributed by atoms with van der Waals surface area (Å²) >= 11 is 6.20. The van der Waals surface area contributed by atoms with Crippen LogP contribution in [-0.4, -0.2) is 36.8 Å². The van der Waals surface area contributed by atoms with Crippen molar-refractivity contribution in [1.82, 2.24) is 0 Å². The van der Waals surface area contributed by atoms with Crippen molar-refractivity contribution in [2.45, 2.75) is 44.1 Å². The lowest BCUT2D eigenvalue weighted by Crippen LogP contribution is -2.49. The monoisotopic (exact) mass is 405 g/mol. The van der Waals surface area contributed by atoms with E-state index in [9.17, 15) is 18.3 Å². The first-order chi connectivity index (χ1) is 12.7. The summed E-state index contributed by atoms with van der Waals surface area (Å²) in [6.45, 7) is 5.42. The molecule has 0 aliphatic carbocycles. The van der Waals surface area contributed by atoms with Crippen molar-refractivity contribution in [2.75, 3.05) is 24.6 Å². The molecule has 2 aliphatic rings. The summed E-state index contributed by atoms with van der Waals surface area (Å²) in [6.07, 6.45) is -0.743. The molecule has 27 heavy (non-hydrogen) atoms. The molecule has 1 aromatic carbocycles. The summed E-state index contributed by atoms with van der Waals surface area (Å²) in [4.78, 5) is 1.97. The first-order valence-corrected chi connectivity index (χ1v) is 9.35. The third-order valence-corrected chi connectivity index (χ3v) is 5.64. The van der Waals surface area contributed by atoms with Gasteiger partial charge in [-0.1, -0.05) is 18.2 Å². The molecule has 1 aromatic rings. The minimum atomic E-state index is -4.73. The van der Waals surface area contributed by atoms with E-state index >= 15 is 0 Å². The highest BCUT2D eigenvalue weighted by Gasteiger charge is 2.40. The summed E-state index contributed by atoms with van der Waals surface area (Å²) in [5.41, 5.74) is 0.342. The molecule has 1 atom stereocenters. The van der Waals surface area contributed by atoms with Gasteiger partial charge < -0.3 is 19.5 Å². The average molecular weight is 406 g/mol. The van der Waals surface area contributed by atoms with E-state index in [2.05, 4.69) is 11.3 Å². The maximum absolute atomic E-state index is 12.5. The van der Waals surface area contributed by atoms with Crippen LogP contribution >= 0.6 is 11.6 Å². The Morgan fingerprint density at radius 2 is 2.04 bits per heavy atom. The Balaban J connectivity index is 1.61. The van der Waals surface area contributed by atoms with E-state index in [0.717, 1.165) is 25.7 Å². The molecule has 2 heterocycles. The maximum atomic E-state index is 12.5. The number of hydrogen-bond donors (Lipinski definition) is 1. The zero-order valence-corrected chi connectivity index (χ0v) is 15.7. The molecule has 0 radical (unpaired) electrons. The summed E-state index contributed by atoms with van der Waals surface area (Å²) in [6, 6.07) is 3.97. The fourth-order valence-electron chi connectivity index (χ4n) is 3.89. The molecule has 0 bridgehead atoms. The molecule has 2 fully saturated rings. The number of nitrogens with zero attached hydrogens (tertiary/aromatic N) is 1. The molecule has 0 aromatic heterocycles. The summed E-state index contributed by atoms with van der Waals surface area (Å²) < 4.78 is 47.5. The molecule has 1 spiro atoms. The van der Waals surface area contributed by atoms with Crippen LogP contribution < -0.4 is 9.64 Å². The Bertz CT molecular complexity index is 677. The van der Waals surface area contributed by atoms with Gasteiger partial charge in [0.1, 0.15) is 5.75 Å². The largest absolute Gasteiger partial charge is 0.573 e. The van der Waals surface area contributed by atoms with Crippen molar-refractivity contribution < 1.29 is 27.8 Å². The highest BCUT2D eigenvalue weighted by Crippen LogP contribution is 2.41. The Kier molecular flexibility index (Phi) is 5.82. The summed E-state index contributed by atoms with van der Waals surface area (Å²) in [5.74, 6) is 0.199. The van der Waals surface area contributed by atoms with E-state index in [-0.39, 0.29) is 23.0 Å². The Hall–Kier alpha value is -1.60. The molecule has 3 rings (SSSR count). The van der Waals surface area contributed by atoms with Gasteiger partial charge in [-0.05, 0) is 43.7 Å². The van der Waals surface area contributed by atoms with Crippen LogP contribution in [0, 0.1) is 5.92 Å². The number of hydrogen-bond acceptors (Lipinski definition) is 4.